The van der Waals surface area contributed by atoms with Gasteiger partial charge in [-0.2, -0.15) is 0 Å². The largest absolute Gasteiger partial charge is 0.332 e. The van der Waals surface area contributed by atoms with E-state index < -0.39 is 0 Å². The number of nitrogens with one attached hydrogen (secondary N) is 3. The zero-order valence-electron chi connectivity index (χ0n) is 11.9. The first kappa shape index (κ1) is 16.1. The van der Waals surface area contributed by atoms with Crippen LogP contribution < -0.4 is 16.2 Å². The number of amides is 1. The number of carbonyl (C=O) groups excluding carboxylic acids is 1. The molecule has 2 aromatic carbocycles. The summed E-state index contributed by atoms with van der Waals surface area (Å²) in [6.45, 7) is 0. The highest BCUT2D eigenvalue weighted by molar-refractivity contribution is 7.98. The first-order chi connectivity index (χ1) is 10.7. The highest BCUT2D eigenvalue weighted by Crippen LogP contribution is 2.22. The van der Waals surface area contributed by atoms with Gasteiger partial charge in [0.25, 0.3) is 0 Å². The number of hydrogen-bond acceptors (Lipinski definition) is 4. The first-order valence-electron chi connectivity index (χ1n) is 6.52. The van der Waals surface area contributed by atoms with E-state index in [0.29, 0.717) is 11.5 Å². The average molecular weight is 332 g/mol. The van der Waals surface area contributed by atoms with E-state index >= 15 is 0 Å². The third kappa shape index (κ3) is 4.94. The Balaban J connectivity index is 1.89. The highest BCUT2D eigenvalue weighted by atomic mass is 32.2. The Kier molecular flexibility index (Phi) is 6.05. The van der Waals surface area contributed by atoms with Crippen LogP contribution in [0.5, 0.6) is 0 Å². The number of anilines is 2. The summed E-state index contributed by atoms with van der Waals surface area (Å²) in [5.74, 6) is 0. The predicted molar refractivity (Wildman–Crippen MR) is 95.5 cm³/mol. The van der Waals surface area contributed by atoms with E-state index in [1.165, 1.54) is 0 Å². The van der Waals surface area contributed by atoms with E-state index in [9.17, 15) is 4.79 Å². The van der Waals surface area contributed by atoms with Gasteiger partial charge >= 0.3 is 0 Å². The normalized spacial score (nSPS) is 9.68. The van der Waals surface area contributed by atoms with Crippen LogP contribution in [0.3, 0.4) is 0 Å². The van der Waals surface area contributed by atoms with Crippen molar-refractivity contribution in [3.8, 4) is 0 Å². The maximum Gasteiger partial charge on any atom is 0.225 e. The van der Waals surface area contributed by atoms with Crippen LogP contribution in [0.15, 0.2) is 59.5 Å². The molecule has 0 heterocycles. The van der Waals surface area contributed by atoms with Gasteiger partial charge in [-0.05, 0) is 60.6 Å². The van der Waals surface area contributed by atoms with Crippen LogP contribution in [0, 0.1) is 0 Å². The Morgan fingerprint density at radius 2 is 1.73 bits per heavy atom. The summed E-state index contributed by atoms with van der Waals surface area (Å²) in [6.07, 6.45) is 0.580. The van der Waals surface area contributed by atoms with Crippen LogP contribution in [0.1, 0.15) is 0 Å². The van der Waals surface area contributed by atoms with Gasteiger partial charge in [-0.25, -0.2) is 0 Å². The molecule has 0 atom stereocenters. The van der Waals surface area contributed by atoms with Gasteiger partial charge < -0.3 is 5.32 Å². The number of hydrazine groups is 1. The molecule has 0 spiro atoms. The molecule has 0 saturated heterocycles. The number of carbonyl (C=O) groups is 1. The van der Waals surface area contributed by atoms with E-state index in [4.69, 9.17) is 12.2 Å². The van der Waals surface area contributed by atoms with Crippen molar-refractivity contribution in [2.24, 2.45) is 0 Å². The maximum atomic E-state index is 10.2. The molecule has 0 aliphatic heterocycles. The molecular weight excluding hydrogens is 316 g/mol. The molecule has 5 nitrogen and oxygen atoms in total. The van der Waals surface area contributed by atoms with Crippen LogP contribution in [0.25, 0.3) is 0 Å². The lowest BCUT2D eigenvalue weighted by atomic mass is 10.3. The fourth-order valence-corrected chi connectivity index (χ4v) is 2.59. The van der Waals surface area contributed by atoms with Crippen LogP contribution >= 0.6 is 24.2 Å². The van der Waals surface area contributed by atoms with Crippen LogP contribution in [-0.4, -0.2) is 22.9 Å². The Labute approximate surface area is 139 Å². The maximum absolute atomic E-state index is 10.2. The van der Waals surface area contributed by atoms with Gasteiger partial charge in [0.05, 0.1) is 5.69 Å². The Morgan fingerprint density at radius 1 is 1.09 bits per heavy atom. The number of rotatable bonds is 6. The van der Waals surface area contributed by atoms with Gasteiger partial charge in [0, 0.05) is 17.6 Å². The van der Waals surface area contributed by atoms with Gasteiger partial charge in [-0.3, -0.25) is 20.0 Å². The quantitative estimate of drug-likeness (QED) is 0.327. The Hall–Kier alpha value is -2.25. The van der Waals surface area contributed by atoms with Crippen LogP contribution in [0.4, 0.5) is 11.4 Å². The molecular formula is C15H16N4OS2. The van der Waals surface area contributed by atoms with Crippen molar-refractivity contribution in [1.29, 1.82) is 0 Å². The number of thiocarbonyl (C=S) groups is 1. The van der Waals surface area contributed by atoms with Crippen molar-refractivity contribution in [2.75, 3.05) is 17.8 Å². The number of benzene rings is 2. The van der Waals surface area contributed by atoms with Crippen LogP contribution in [0.2, 0.25) is 0 Å². The first-order valence-corrected chi connectivity index (χ1v) is 7.70. The summed E-state index contributed by atoms with van der Waals surface area (Å²) < 4.78 is 1.89. The minimum absolute atomic E-state index is 0.580. The predicted octanol–water partition coefficient (Wildman–Crippen LogP) is 3.10. The van der Waals surface area contributed by atoms with Crippen molar-refractivity contribution >= 4 is 47.1 Å². The van der Waals surface area contributed by atoms with Crippen molar-refractivity contribution in [3.05, 3.63) is 54.6 Å². The molecule has 0 aliphatic rings. The topological polar surface area (TPSA) is 56.4 Å². The monoisotopic (exact) mass is 332 g/mol. The molecule has 2 rings (SSSR count). The molecule has 0 unspecified atom stereocenters. The third-order valence-electron chi connectivity index (χ3n) is 2.68. The molecule has 0 radical (unpaired) electrons. The summed E-state index contributed by atoms with van der Waals surface area (Å²) in [4.78, 5) is 11.3. The SMILES string of the molecule is CN(Sc1ccccc1)C(=S)Nc1ccc(NNC=O)cc1. The van der Waals surface area contributed by atoms with Crippen molar-refractivity contribution in [2.45, 2.75) is 4.90 Å². The van der Waals surface area contributed by atoms with Gasteiger partial charge in [-0.15, -0.1) is 0 Å². The average Bonchev–Trinajstić information content (AvgIpc) is 2.55. The van der Waals surface area contributed by atoms with Crippen molar-refractivity contribution in [3.63, 3.8) is 0 Å². The lowest BCUT2D eigenvalue weighted by molar-refractivity contribution is -0.109. The molecule has 0 aliphatic carbocycles. The van der Waals surface area contributed by atoms with E-state index in [2.05, 4.69) is 16.2 Å². The van der Waals surface area contributed by atoms with Gasteiger partial charge in [0.2, 0.25) is 6.41 Å². The van der Waals surface area contributed by atoms with E-state index in [1.807, 2.05) is 66.0 Å². The summed E-state index contributed by atoms with van der Waals surface area (Å²) in [6, 6.07) is 17.5. The lowest BCUT2D eigenvalue weighted by Crippen LogP contribution is -2.25. The molecule has 22 heavy (non-hydrogen) atoms. The molecule has 0 saturated carbocycles. The molecule has 0 fully saturated rings. The smallest absolute Gasteiger partial charge is 0.225 e. The van der Waals surface area contributed by atoms with Crippen molar-refractivity contribution < 1.29 is 4.79 Å². The molecule has 114 valence electrons. The molecule has 0 bridgehead atoms. The molecule has 3 N–H and O–H groups in total. The molecule has 0 aromatic heterocycles. The summed E-state index contributed by atoms with van der Waals surface area (Å²) in [5.41, 5.74) is 6.78. The van der Waals surface area contributed by atoms with E-state index in [0.717, 1.165) is 16.3 Å². The third-order valence-corrected chi connectivity index (χ3v) is 4.11. The second-order valence-corrected chi connectivity index (χ2v) is 5.88. The lowest BCUT2D eigenvalue weighted by Gasteiger charge is -2.19. The Morgan fingerprint density at radius 3 is 2.36 bits per heavy atom. The number of nitrogens with zero attached hydrogens (tertiary/aromatic N) is 1. The summed E-state index contributed by atoms with van der Waals surface area (Å²) in [7, 11) is 1.91. The minimum atomic E-state index is 0.580. The van der Waals surface area contributed by atoms with Crippen LogP contribution in [-0.2, 0) is 4.79 Å². The minimum Gasteiger partial charge on any atom is -0.332 e. The van der Waals surface area contributed by atoms with Gasteiger partial charge in [-0.1, -0.05) is 18.2 Å². The number of hydrogen-bond donors (Lipinski definition) is 3. The molecule has 1 amide bonds. The Bertz CT molecular complexity index is 619. The second-order valence-electron chi connectivity index (χ2n) is 4.30. The zero-order chi connectivity index (χ0) is 15.8. The summed E-state index contributed by atoms with van der Waals surface area (Å²) in [5, 5.41) is 3.78. The van der Waals surface area contributed by atoms with Gasteiger partial charge in [0.15, 0.2) is 5.11 Å². The molecule has 7 heteroatoms. The second kappa shape index (κ2) is 8.26. The standard InChI is InChI=1S/C15H16N4OS2/c1-19(22-14-5-3-2-4-6-14)15(21)17-12-7-9-13(10-8-12)18-16-11-20/h2-11,18H,1H3,(H,16,20)(H,17,21). The summed E-state index contributed by atoms with van der Waals surface area (Å²) >= 11 is 6.93. The fraction of sp³-hybridized carbons (Fsp3) is 0.0667. The van der Waals surface area contributed by atoms with Gasteiger partial charge in [0.1, 0.15) is 0 Å². The fourth-order valence-electron chi connectivity index (χ4n) is 1.63. The van der Waals surface area contributed by atoms with Crippen molar-refractivity contribution in [1.82, 2.24) is 9.73 Å². The molecule has 2 aromatic rings. The zero-order valence-corrected chi connectivity index (χ0v) is 13.6. The van der Waals surface area contributed by atoms with E-state index in [1.54, 1.807) is 11.9 Å². The highest BCUT2D eigenvalue weighted by Gasteiger charge is 2.06. The van der Waals surface area contributed by atoms with E-state index in [-0.39, 0.29) is 0 Å².